The van der Waals surface area contributed by atoms with Gasteiger partial charge in [0.2, 0.25) is 0 Å². The number of hydrogen-bond acceptors (Lipinski definition) is 3. The molecule has 4 bridgehead atoms. The first kappa shape index (κ1) is 20.3. The van der Waals surface area contributed by atoms with Crippen LogP contribution in [0, 0.1) is 23.7 Å². The first-order valence-electron chi connectivity index (χ1n) is 6.90. The topological polar surface area (TPSA) is 57.2 Å². The van der Waals surface area contributed by atoms with Crippen molar-refractivity contribution in [2.75, 3.05) is 0 Å². The summed E-state index contributed by atoms with van der Waals surface area (Å²) >= 11 is 0. The number of fused-ring (bicyclic) bond motifs is 4. The molecular weight excluding hydrogens is 420 g/mol. The third kappa shape index (κ3) is 6.01. The van der Waals surface area contributed by atoms with E-state index < -0.39 is 15.6 Å². The van der Waals surface area contributed by atoms with Gasteiger partial charge in [0.1, 0.15) is 0 Å². The van der Waals surface area contributed by atoms with Gasteiger partial charge >= 0.3 is 5.51 Å². The smallest absolute Gasteiger partial charge is 0.485 e. The van der Waals surface area contributed by atoms with Crippen LogP contribution in [0.15, 0.2) is 48.6 Å². The summed E-state index contributed by atoms with van der Waals surface area (Å²) in [5.41, 5.74) is -5.65. The third-order valence-corrected chi connectivity index (χ3v) is 4.36. The van der Waals surface area contributed by atoms with Gasteiger partial charge in [-0.3, -0.25) is 0 Å². The summed E-state index contributed by atoms with van der Waals surface area (Å²) in [6.45, 7) is 0. The molecule has 0 fully saturated rings. The van der Waals surface area contributed by atoms with E-state index in [0.29, 0.717) is 0 Å². The van der Waals surface area contributed by atoms with Gasteiger partial charge in [0.25, 0.3) is 0 Å². The van der Waals surface area contributed by atoms with Crippen LogP contribution in [0.5, 0.6) is 0 Å². The average molecular weight is 436 g/mol. The molecule has 1 radical (unpaired) electrons. The predicted molar refractivity (Wildman–Crippen MR) is 75.5 cm³/mol. The van der Waals surface area contributed by atoms with Gasteiger partial charge in [0.05, 0.1) is 0 Å². The van der Waals surface area contributed by atoms with E-state index in [-0.39, 0.29) is 19.5 Å². The summed E-state index contributed by atoms with van der Waals surface area (Å²) < 4.78 is 58.9. The third-order valence-electron chi connectivity index (χ3n) is 3.79. The number of hydrogen-bond donors (Lipinski definition) is 0. The van der Waals surface area contributed by atoms with Gasteiger partial charge in [0.15, 0.2) is 10.1 Å². The second-order valence-electron chi connectivity index (χ2n) is 5.57. The van der Waals surface area contributed by atoms with Crippen LogP contribution in [0.3, 0.4) is 0 Å². The van der Waals surface area contributed by atoms with Gasteiger partial charge in [-0.15, -0.1) is 0 Å². The molecule has 0 spiro atoms. The number of allylic oxidation sites excluding steroid dienone is 8. The molecule has 0 amide bonds. The van der Waals surface area contributed by atoms with Crippen molar-refractivity contribution < 1.29 is 45.6 Å². The molecule has 0 aromatic rings. The number of halogens is 3. The summed E-state index contributed by atoms with van der Waals surface area (Å²) in [5.74, 6) is 3.24. The van der Waals surface area contributed by atoms with Gasteiger partial charge in [-0.25, -0.2) is 8.42 Å². The van der Waals surface area contributed by atoms with Crippen LogP contribution in [0.2, 0.25) is 0 Å². The maximum Gasteiger partial charge on any atom is 0.485 e. The average Bonchev–Trinajstić information content (AvgIpc) is 3.20. The van der Waals surface area contributed by atoms with Crippen molar-refractivity contribution in [3.05, 3.63) is 48.6 Å². The van der Waals surface area contributed by atoms with E-state index >= 15 is 0 Å². The standard InChI is InChI=1S/2C7H8.CHF3O3S.Rh/c2*1-2-7-4-3-6(1)5-7;2-1(3,4)8(5,6)7;/h2*1-4,6-7H,5H2;(H,5,6,7);/p-1. The molecular formula is C15H16F3O3RhS-. The number of rotatable bonds is 0. The Hall–Kier alpha value is -0.717. The molecule has 131 valence electrons. The predicted octanol–water partition coefficient (Wildman–Crippen LogP) is 3.55. The zero-order chi connectivity index (χ0) is 16.4. The molecule has 4 rings (SSSR count). The molecule has 0 saturated heterocycles. The van der Waals surface area contributed by atoms with Crippen LogP contribution in [0.4, 0.5) is 13.2 Å². The molecule has 0 aromatic carbocycles. The first-order chi connectivity index (χ1) is 10.1. The van der Waals surface area contributed by atoms with Crippen molar-refractivity contribution in [1.82, 2.24) is 0 Å². The Morgan fingerprint density at radius 3 is 0.957 bits per heavy atom. The first-order valence-corrected chi connectivity index (χ1v) is 8.31. The van der Waals surface area contributed by atoms with E-state index in [1.807, 2.05) is 0 Å². The maximum atomic E-state index is 10.7. The Morgan fingerprint density at radius 2 is 0.913 bits per heavy atom. The molecule has 0 saturated carbocycles. The summed E-state index contributed by atoms with van der Waals surface area (Å²) in [5, 5.41) is 0. The van der Waals surface area contributed by atoms with Gasteiger partial charge in [-0.2, -0.15) is 13.2 Å². The van der Waals surface area contributed by atoms with Gasteiger partial charge in [-0.05, 0) is 36.5 Å². The Balaban J connectivity index is 0.000000169. The van der Waals surface area contributed by atoms with Crippen molar-refractivity contribution in [2.45, 2.75) is 18.3 Å². The quantitative estimate of drug-likeness (QED) is 0.253. The monoisotopic (exact) mass is 436 g/mol. The molecule has 23 heavy (non-hydrogen) atoms. The SMILES string of the molecule is C1=CC2C=CC1C2.C1=CC2C=CC1C2.O=S(=O)([O-])C(F)(F)F.[Rh]. The largest absolute Gasteiger partial charge is 0.741 e. The Morgan fingerprint density at radius 1 is 0.739 bits per heavy atom. The van der Waals surface area contributed by atoms with Crippen molar-refractivity contribution >= 4 is 10.1 Å². The van der Waals surface area contributed by atoms with Gasteiger partial charge in [-0.1, -0.05) is 48.6 Å². The molecule has 0 atom stereocenters. The molecule has 0 N–H and O–H groups in total. The van der Waals surface area contributed by atoms with E-state index in [1.165, 1.54) is 12.8 Å². The zero-order valence-corrected chi connectivity index (χ0v) is 14.4. The maximum absolute atomic E-state index is 10.7. The molecule has 4 aliphatic rings. The summed E-state index contributed by atoms with van der Waals surface area (Å²) in [7, 11) is -6.09. The van der Waals surface area contributed by atoms with Crippen LogP contribution in [0.1, 0.15) is 12.8 Å². The Labute approximate surface area is 146 Å². The van der Waals surface area contributed by atoms with Gasteiger partial charge in [0, 0.05) is 19.5 Å². The molecule has 0 unspecified atom stereocenters. The minimum Gasteiger partial charge on any atom is -0.741 e. The fraction of sp³-hybridized carbons (Fsp3) is 0.467. The minimum absolute atomic E-state index is 0. The van der Waals surface area contributed by atoms with E-state index in [0.717, 1.165) is 23.7 Å². The molecule has 0 aromatic heterocycles. The van der Waals surface area contributed by atoms with Gasteiger partial charge < -0.3 is 4.55 Å². The summed E-state index contributed by atoms with van der Waals surface area (Å²) in [6.07, 6.45) is 21.1. The molecule has 3 nitrogen and oxygen atoms in total. The van der Waals surface area contributed by atoms with Crippen LogP contribution >= 0.6 is 0 Å². The normalized spacial score (nSPS) is 31.3. The Kier molecular flexibility index (Phi) is 6.99. The fourth-order valence-electron chi connectivity index (χ4n) is 2.66. The van der Waals surface area contributed by atoms with Crippen LogP contribution in [-0.2, 0) is 29.6 Å². The van der Waals surface area contributed by atoms with Crippen LogP contribution in [0.25, 0.3) is 0 Å². The van der Waals surface area contributed by atoms with E-state index in [1.54, 1.807) is 0 Å². The number of alkyl halides is 3. The second kappa shape index (κ2) is 7.90. The van der Waals surface area contributed by atoms with Crippen LogP contribution in [-0.4, -0.2) is 18.5 Å². The van der Waals surface area contributed by atoms with Crippen molar-refractivity contribution in [1.29, 1.82) is 0 Å². The summed E-state index contributed by atoms with van der Waals surface area (Å²) in [4.78, 5) is 0. The van der Waals surface area contributed by atoms with E-state index in [4.69, 9.17) is 13.0 Å². The molecule has 0 heterocycles. The minimum atomic E-state index is -6.09. The zero-order valence-electron chi connectivity index (χ0n) is 11.9. The second-order valence-corrected chi connectivity index (χ2v) is 6.94. The summed E-state index contributed by atoms with van der Waals surface area (Å²) in [6, 6.07) is 0. The molecule has 0 aliphatic heterocycles. The van der Waals surface area contributed by atoms with Crippen molar-refractivity contribution in [2.24, 2.45) is 23.7 Å². The Bertz CT molecular complexity index is 530. The van der Waals surface area contributed by atoms with E-state index in [9.17, 15) is 13.2 Å². The fourth-order valence-corrected chi connectivity index (χ4v) is 2.66. The molecule has 8 heteroatoms. The van der Waals surface area contributed by atoms with Crippen LogP contribution < -0.4 is 0 Å². The molecule has 4 aliphatic carbocycles. The van der Waals surface area contributed by atoms with E-state index in [2.05, 4.69) is 48.6 Å². The van der Waals surface area contributed by atoms with Crippen molar-refractivity contribution in [3.8, 4) is 0 Å². The van der Waals surface area contributed by atoms with Crippen molar-refractivity contribution in [3.63, 3.8) is 0 Å².